The van der Waals surface area contributed by atoms with Crippen molar-refractivity contribution in [1.82, 2.24) is 31.5 Å². The number of nitrogens with one attached hydrogen (secondary N) is 6. The van der Waals surface area contributed by atoms with Crippen molar-refractivity contribution < 1.29 is 24.0 Å². The molecule has 0 heterocycles. The lowest BCUT2D eigenvalue weighted by molar-refractivity contribution is -0.131. The molecule has 0 unspecified atom stereocenters. The molecular formula is C36H76N12O5S. The van der Waals surface area contributed by atoms with E-state index in [1.165, 1.54) is 0 Å². The SMILES string of the molecule is N=C(N)SCCC(=O)N(CCNC(=O)CCCCCN)CCNC(=O)CCCCCN.NCCCCCC(=O)NCCNCCNC(=O)CCCCCN. The molecule has 0 spiro atoms. The Balaban J connectivity index is 0. The summed E-state index contributed by atoms with van der Waals surface area (Å²) in [6.07, 6.45) is 13.3. The number of hydrogen-bond acceptors (Lipinski definition) is 12. The van der Waals surface area contributed by atoms with Gasteiger partial charge < -0.3 is 60.2 Å². The number of hydrogen-bond donors (Lipinski definition) is 11. The second-order valence-corrected chi connectivity index (χ2v) is 14.0. The molecule has 5 amide bonds. The minimum absolute atomic E-state index is 0.0249. The van der Waals surface area contributed by atoms with Crippen molar-refractivity contribution in [3.05, 3.63) is 0 Å². The van der Waals surface area contributed by atoms with Gasteiger partial charge in [-0.1, -0.05) is 37.4 Å². The maximum Gasteiger partial charge on any atom is 0.223 e. The van der Waals surface area contributed by atoms with E-state index >= 15 is 0 Å². The Morgan fingerprint density at radius 1 is 0.463 bits per heavy atom. The van der Waals surface area contributed by atoms with Crippen LogP contribution in [0.5, 0.6) is 0 Å². The van der Waals surface area contributed by atoms with Gasteiger partial charge in [-0.25, -0.2) is 0 Å². The van der Waals surface area contributed by atoms with E-state index in [9.17, 15) is 24.0 Å². The number of carbonyl (C=O) groups is 5. The number of unbranched alkanes of at least 4 members (excludes halogenated alkanes) is 8. The lowest BCUT2D eigenvalue weighted by atomic mass is 10.2. The number of thioether (sulfide) groups is 1. The summed E-state index contributed by atoms with van der Waals surface area (Å²) in [6, 6.07) is 0. The van der Waals surface area contributed by atoms with Gasteiger partial charge >= 0.3 is 0 Å². The van der Waals surface area contributed by atoms with Gasteiger partial charge in [0.1, 0.15) is 0 Å². The highest BCUT2D eigenvalue weighted by Crippen LogP contribution is 2.05. The van der Waals surface area contributed by atoms with Crippen molar-refractivity contribution in [2.45, 2.75) is 109 Å². The highest BCUT2D eigenvalue weighted by molar-refractivity contribution is 8.13. The quantitative estimate of drug-likeness (QED) is 0.0229. The first-order valence-electron chi connectivity index (χ1n) is 19.9. The molecule has 17 nitrogen and oxygen atoms in total. The fourth-order valence-corrected chi connectivity index (χ4v) is 5.41. The molecule has 0 radical (unpaired) electrons. The topological polar surface area (TPSA) is 303 Å². The van der Waals surface area contributed by atoms with Gasteiger partial charge in [-0.15, -0.1) is 0 Å². The van der Waals surface area contributed by atoms with Crippen molar-refractivity contribution in [3.63, 3.8) is 0 Å². The van der Waals surface area contributed by atoms with E-state index in [0.29, 0.717) is 110 Å². The summed E-state index contributed by atoms with van der Waals surface area (Å²) in [5.41, 5.74) is 27.0. The molecule has 0 fully saturated rings. The molecule has 0 aliphatic heterocycles. The van der Waals surface area contributed by atoms with Gasteiger partial charge in [0.15, 0.2) is 5.17 Å². The normalized spacial score (nSPS) is 10.5. The average molecular weight is 789 g/mol. The minimum Gasteiger partial charge on any atom is -0.379 e. The van der Waals surface area contributed by atoms with E-state index in [4.69, 9.17) is 34.1 Å². The monoisotopic (exact) mass is 789 g/mol. The van der Waals surface area contributed by atoms with Crippen LogP contribution in [0.4, 0.5) is 0 Å². The summed E-state index contributed by atoms with van der Waals surface area (Å²) in [5, 5.41) is 21.8. The third-order valence-electron chi connectivity index (χ3n) is 8.01. The zero-order chi connectivity index (χ0) is 40.5. The van der Waals surface area contributed by atoms with Crippen molar-refractivity contribution in [3.8, 4) is 0 Å². The number of rotatable bonds is 35. The molecule has 0 aromatic rings. The van der Waals surface area contributed by atoms with Crippen molar-refractivity contribution in [2.24, 2.45) is 28.7 Å². The first-order chi connectivity index (χ1) is 26.1. The summed E-state index contributed by atoms with van der Waals surface area (Å²) in [6.45, 7) is 6.73. The molecule has 0 saturated carbocycles. The van der Waals surface area contributed by atoms with Crippen LogP contribution in [0.25, 0.3) is 0 Å². The van der Waals surface area contributed by atoms with Gasteiger partial charge in [0.2, 0.25) is 29.5 Å². The van der Waals surface area contributed by atoms with Gasteiger partial charge in [0.25, 0.3) is 0 Å². The third kappa shape index (κ3) is 40.2. The molecule has 16 N–H and O–H groups in total. The largest absolute Gasteiger partial charge is 0.379 e. The molecular weight excluding hydrogens is 713 g/mol. The lowest BCUT2D eigenvalue weighted by Crippen LogP contribution is -2.42. The van der Waals surface area contributed by atoms with E-state index in [1.54, 1.807) is 4.90 Å². The van der Waals surface area contributed by atoms with E-state index in [-0.39, 0.29) is 41.1 Å². The van der Waals surface area contributed by atoms with Crippen LogP contribution in [0.2, 0.25) is 0 Å². The van der Waals surface area contributed by atoms with Crippen LogP contribution in [-0.2, 0) is 24.0 Å². The molecule has 0 saturated heterocycles. The minimum atomic E-state index is -0.0943. The Kier molecular flexibility index (Phi) is 40.4. The Labute approximate surface area is 328 Å². The predicted octanol–water partition coefficient (Wildman–Crippen LogP) is -0.0510. The first kappa shape index (κ1) is 53.1. The number of nitrogens with two attached hydrogens (primary N) is 5. The smallest absolute Gasteiger partial charge is 0.223 e. The molecule has 316 valence electrons. The summed E-state index contributed by atoms with van der Waals surface area (Å²) in [4.78, 5) is 60.9. The third-order valence-corrected chi connectivity index (χ3v) is 8.73. The molecule has 0 bridgehead atoms. The summed E-state index contributed by atoms with van der Waals surface area (Å²) in [5.74, 6) is 0.433. The second-order valence-electron chi connectivity index (χ2n) is 12.9. The highest BCUT2D eigenvalue weighted by Gasteiger charge is 2.14. The van der Waals surface area contributed by atoms with Crippen molar-refractivity contribution >= 4 is 46.5 Å². The van der Waals surface area contributed by atoms with E-state index in [1.807, 2.05) is 0 Å². The van der Waals surface area contributed by atoms with Crippen LogP contribution in [0.15, 0.2) is 0 Å². The number of carbonyl (C=O) groups excluding carboxylic acids is 5. The molecule has 0 atom stereocenters. The molecule has 0 aromatic heterocycles. The Hall–Kier alpha value is -3.03. The van der Waals surface area contributed by atoms with Gasteiger partial charge in [-0.3, -0.25) is 29.4 Å². The van der Waals surface area contributed by atoms with Crippen LogP contribution in [-0.4, -0.2) is 124 Å². The predicted molar refractivity (Wildman–Crippen MR) is 221 cm³/mol. The van der Waals surface area contributed by atoms with Crippen molar-refractivity contribution in [1.29, 1.82) is 5.41 Å². The Bertz CT molecular complexity index is 922. The van der Waals surface area contributed by atoms with E-state index in [0.717, 1.165) is 88.8 Å². The lowest BCUT2D eigenvalue weighted by Gasteiger charge is -2.23. The summed E-state index contributed by atoms with van der Waals surface area (Å²) >= 11 is 1.12. The molecule has 0 aromatic carbocycles. The number of amides is 5. The number of amidine groups is 1. The highest BCUT2D eigenvalue weighted by atomic mass is 32.2. The molecule has 54 heavy (non-hydrogen) atoms. The Morgan fingerprint density at radius 3 is 1.11 bits per heavy atom. The van der Waals surface area contributed by atoms with Crippen LogP contribution in [0.1, 0.15) is 109 Å². The molecule has 0 aliphatic carbocycles. The van der Waals surface area contributed by atoms with E-state index in [2.05, 4.69) is 26.6 Å². The summed E-state index contributed by atoms with van der Waals surface area (Å²) < 4.78 is 0. The van der Waals surface area contributed by atoms with Gasteiger partial charge in [-0.05, 0) is 77.5 Å². The van der Waals surface area contributed by atoms with Crippen LogP contribution in [0, 0.1) is 5.41 Å². The zero-order valence-electron chi connectivity index (χ0n) is 33.0. The van der Waals surface area contributed by atoms with Gasteiger partial charge in [-0.2, -0.15) is 0 Å². The molecule has 18 heteroatoms. The summed E-state index contributed by atoms with van der Waals surface area (Å²) in [7, 11) is 0. The molecule has 0 rings (SSSR count). The standard InChI is InChI=1S/C20H41N7O3S.C16H35N5O2/c21-10-5-1-3-7-17(28)25-12-14-27(19(30)9-16-31-20(23)24)15-13-26-18(29)8-4-2-6-11-22;17-9-5-1-3-7-15(22)20-13-11-19-12-14-21-16(23)8-4-2-6-10-18/h1-16,21-22H2,(H3,23,24)(H,25,28)(H,26,29);19H,1-14,17-18H2,(H,20,22)(H,21,23). The van der Waals surface area contributed by atoms with Gasteiger partial charge in [0.05, 0.1) is 0 Å². The fourth-order valence-electron chi connectivity index (χ4n) is 4.91. The van der Waals surface area contributed by atoms with Gasteiger partial charge in [0, 0.05) is 90.2 Å². The van der Waals surface area contributed by atoms with Crippen LogP contribution in [0.3, 0.4) is 0 Å². The van der Waals surface area contributed by atoms with Crippen LogP contribution < -0.4 is 55.3 Å². The van der Waals surface area contributed by atoms with Crippen LogP contribution >= 0.6 is 11.8 Å². The first-order valence-corrected chi connectivity index (χ1v) is 20.9. The van der Waals surface area contributed by atoms with E-state index < -0.39 is 0 Å². The van der Waals surface area contributed by atoms with Crippen molar-refractivity contribution in [2.75, 3.05) is 84.3 Å². The second kappa shape index (κ2) is 41.1. The average Bonchev–Trinajstić information content (AvgIpc) is 3.14. The molecule has 0 aliphatic rings. The maximum atomic E-state index is 12.5. The zero-order valence-corrected chi connectivity index (χ0v) is 33.8. The number of nitrogens with zero attached hydrogens (tertiary/aromatic N) is 1. The maximum absolute atomic E-state index is 12.5. The fraction of sp³-hybridized carbons (Fsp3) is 0.833. The Morgan fingerprint density at radius 2 is 0.796 bits per heavy atom.